The molecule has 0 bridgehead atoms. The second-order valence-corrected chi connectivity index (χ2v) is 9.61. The number of sulfonamides is 1. The molecular weight excluding hydrogens is 326 g/mol. The van der Waals surface area contributed by atoms with E-state index in [1.54, 1.807) is 0 Å². The van der Waals surface area contributed by atoms with Crippen LogP contribution in [0.15, 0.2) is 28.3 Å². The van der Waals surface area contributed by atoms with Crippen LogP contribution in [0, 0.1) is 5.92 Å². The lowest BCUT2D eigenvalue weighted by molar-refractivity contribution is 0.250. The molecule has 1 fully saturated rings. The molecule has 22 heavy (non-hydrogen) atoms. The van der Waals surface area contributed by atoms with Crippen molar-refractivity contribution < 1.29 is 16.8 Å². The Labute approximate surface area is 131 Å². The number of rotatable bonds is 4. The first-order valence-electron chi connectivity index (χ1n) is 7.04. The largest absolute Gasteiger partial charge is 0.328 e. The lowest BCUT2D eigenvalue weighted by Crippen LogP contribution is -2.42. The van der Waals surface area contributed by atoms with Crippen molar-refractivity contribution in [3.05, 3.63) is 18.3 Å². The zero-order valence-corrected chi connectivity index (χ0v) is 14.3. The van der Waals surface area contributed by atoms with Gasteiger partial charge >= 0.3 is 0 Å². The molecule has 1 saturated heterocycles. The molecular formula is C13H21N3O4S2. The fourth-order valence-corrected chi connectivity index (χ4v) is 4.50. The Morgan fingerprint density at radius 3 is 2.23 bits per heavy atom. The highest BCUT2D eigenvalue weighted by Gasteiger charge is 2.30. The van der Waals surface area contributed by atoms with Crippen molar-refractivity contribution >= 4 is 19.9 Å². The normalized spacial score (nSPS) is 20.0. The number of piperidine rings is 1. The Morgan fingerprint density at radius 2 is 1.82 bits per heavy atom. The van der Waals surface area contributed by atoms with Crippen LogP contribution in [0.25, 0.3) is 0 Å². The summed E-state index contributed by atoms with van der Waals surface area (Å²) < 4.78 is 49.2. The molecule has 1 aliphatic rings. The number of aromatic nitrogens is 1. The minimum atomic E-state index is -3.64. The zero-order chi connectivity index (χ0) is 16.5. The third kappa shape index (κ3) is 3.65. The van der Waals surface area contributed by atoms with Crippen LogP contribution >= 0.6 is 0 Å². The van der Waals surface area contributed by atoms with Gasteiger partial charge < -0.3 is 5.73 Å². The van der Waals surface area contributed by atoms with E-state index in [0.29, 0.717) is 19.0 Å². The second-order valence-electron chi connectivity index (χ2n) is 5.70. The average Bonchev–Trinajstić information content (AvgIpc) is 2.46. The van der Waals surface area contributed by atoms with Crippen LogP contribution in [0.4, 0.5) is 0 Å². The minimum Gasteiger partial charge on any atom is -0.328 e. The summed E-state index contributed by atoms with van der Waals surface area (Å²) in [6.07, 6.45) is 3.59. The van der Waals surface area contributed by atoms with E-state index in [2.05, 4.69) is 4.98 Å². The van der Waals surface area contributed by atoms with Gasteiger partial charge in [-0.25, -0.2) is 21.8 Å². The lowest BCUT2D eigenvalue weighted by atomic mass is 9.92. The maximum absolute atomic E-state index is 12.5. The van der Waals surface area contributed by atoms with Crippen LogP contribution in [0.2, 0.25) is 0 Å². The Bertz CT molecular complexity index is 719. The van der Waals surface area contributed by atoms with Crippen molar-refractivity contribution in [1.82, 2.24) is 9.29 Å². The van der Waals surface area contributed by atoms with Crippen molar-refractivity contribution in [3.63, 3.8) is 0 Å². The molecule has 1 aromatic rings. The molecule has 0 spiro atoms. The van der Waals surface area contributed by atoms with Gasteiger partial charge in [0.15, 0.2) is 14.9 Å². The Morgan fingerprint density at radius 1 is 1.23 bits per heavy atom. The van der Waals surface area contributed by atoms with Crippen molar-refractivity contribution in [2.24, 2.45) is 11.7 Å². The molecule has 0 aromatic carbocycles. The van der Waals surface area contributed by atoms with Gasteiger partial charge in [0.05, 0.1) is 0 Å². The SMILES string of the molecule is CC(N)C1CCN(S(=O)(=O)c2ccc(S(C)(=O)=O)nc2)CC1. The average molecular weight is 347 g/mol. The van der Waals surface area contributed by atoms with Gasteiger partial charge in [-0.3, -0.25) is 0 Å². The van der Waals surface area contributed by atoms with Gasteiger partial charge in [0.25, 0.3) is 0 Å². The molecule has 2 N–H and O–H groups in total. The van der Waals surface area contributed by atoms with E-state index in [4.69, 9.17) is 5.73 Å². The standard InChI is InChI=1S/C13H21N3O4S2/c1-10(14)11-5-7-16(8-6-11)22(19,20)12-3-4-13(15-9-12)21(2,17)18/h3-4,9-11H,5-8,14H2,1-2H3. The smallest absolute Gasteiger partial charge is 0.244 e. The molecule has 2 heterocycles. The summed E-state index contributed by atoms with van der Waals surface area (Å²) in [6, 6.07) is 2.56. The molecule has 0 amide bonds. The van der Waals surface area contributed by atoms with E-state index in [1.165, 1.54) is 16.4 Å². The van der Waals surface area contributed by atoms with Gasteiger partial charge in [-0.2, -0.15) is 4.31 Å². The molecule has 0 aliphatic carbocycles. The van der Waals surface area contributed by atoms with Gasteiger partial charge in [0.1, 0.15) is 4.90 Å². The molecule has 9 heteroatoms. The highest BCUT2D eigenvalue weighted by molar-refractivity contribution is 7.90. The van der Waals surface area contributed by atoms with Crippen molar-refractivity contribution in [2.75, 3.05) is 19.3 Å². The molecule has 1 aliphatic heterocycles. The minimum absolute atomic E-state index is 0.0131. The molecule has 7 nitrogen and oxygen atoms in total. The van der Waals surface area contributed by atoms with Gasteiger partial charge in [0.2, 0.25) is 10.0 Å². The van der Waals surface area contributed by atoms with Crippen LogP contribution < -0.4 is 5.73 Å². The topological polar surface area (TPSA) is 110 Å². The summed E-state index contributed by atoms with van der Waals surface area (Å²) in [5.41, 5.74) is 5.86. The first-order valence-corrected chi connectivity index (χ1v) is 10.4. The summed E-state index contributed by atoms with van der Waals surface area (Å²) in [7, 11) is -7.08. The fourth-order valence-electron chi connectivity index (χ4n) is 2.53. The van der Waals surface area contributed by atoms with Crippen LogP contribution in [0.5, 0.6) is 0 Å². The maximum atomic E-state index is 12.5. The predicted molar refractivity (Wildman–Crippen MR) is 82.5 cm³/mol. The monoisotopic (exact) mass is 347 g/mol. The van der Waals surface area contributed by atoms with Crippen molar-refractivity contribution in [2.45, 2.75) is 35.7 Å². The van der Waals surface area contributed by atoms with E-state index >= 15 is 0 Å². The highest BCUT2D eigenvalue weighted by Crippen LogP contribution is 2.25. The van der Waals surface area contributed by atoms with Crippen LogP contribution in [0.1, 0.15) is 19.8 Å². The zero-order valence-electron chi connectivity index (χ0n) is 12.6. The summed E-state index contributed by atoms with van der Waals surface area (Å²) in [4.78, 5) is 3.75. The number of pyridine rings is 1. The molecule has 1 aromatic heterocycles. The molecule has 124 valence electrons. The van der Waals surface area contributed by atoms with Gasteiger partial charge in [-0.1, -0.05) is 0 Å². The summed E-state index contributed by atoms with van der Waals surface area (Å²) in [5, 5.41) is -0.137. The molecule has 1 atom stereocenters. The summed E-state index contributed by atoms with van der Waals surface area (Å²) >= 11 is 0. The third-order valence-electron chi connectivity index (χ3n) is 3.97. The Hall–Kier alpha value is -1.03. The van der Waals surface area contributed by atoms with E-state index in [-0.39, 0.29) is 16.0 Å². The Kier molecular flexibility index (Phi) is 4.90. The molecule has 0 saturated carbocycles. The van der Waals surface area contributed by atoms with Crippen LogP contribution in [0.3, 0.4) is 0 Å². The number of sulfone groups is 1. The Balaban J connectivity index is 2.18. The van der Waals surface area contributed by atoms with E-state index in [0.717, 1.165) is 25.3 Å². The van der Waals surface area contributed by atoms with Gasteiger partial charge in [-0.05, 0) is 37.8 Å². The quantitative estimate of drug-likeness (QED) is 0.835. The van der Waals surface area contributed by atoms with E-state index < -0.39 is 19.9 Å². The molecule has 2 rings (SSSR count). The van der Waals surface area contributed by atoms with Crippen molar-refractivity contribution in [3.8, 4) is 0 Å². The first-order chi connectivity index (χ1) is 10.1. The van der Waals surface area contributed by atoms with E-state index in [1.807, 2.05) is 6.92 Å². The van der Waals surface area contributed by atoms with Crippen LogP contribution in [-0.2, 0) is 19.9 Å². The number of hydrogen-bond donors (Lipinski definition) is 1. The summed E-state index contributed by atoms with van der Waals surface area (Å²) in [5.74, 6) is 0.331. The van der Waals surface area contributed by atoms with E-state index in [9.17, 15) is 16.8 Å². The van der Waals surface area contributed by atoms with Crippen molar-refractivity contribution in [1.29, 1.82) is 0 Å². The molecule has 0 radical (unpaired) electrons. The van der Waals surface area contributed by atoms with Crippen LogP contribution in [-0.4, -0.2) is 51.5 Å². The third-order valence-corrected chi connectivity index (χ3v) is 6.85. The highest BCUT2D eigenvalue weighted by atomic mass is 32.2. The maximum Gasteiger partial charge on any atom is 0.244 e. The predicted octanol–water partition coefficient (Wildman–Crippen LogP) is 0.233. The first kappa shape index (κ1) is 17.3. The number of nitrogens with zero attached hydrogens (tertiary/aromatic N) is 2. The fraction of sp³-hybridized carbons (Fsp3) is 0.615. The number of hydrogen-bond acceptors (Lipinski definition) is 6. The van der Waals surface area contributed by atoms with Gasteiger partial charge in [0, 0.05) is 31.6 Å². The second kappa shape index (κ2) is 6.23. The summed E-state index contributed by atoms with van der Waals surface area (Å²) in [6.45, 7) is 2.77. The van der Waals surface area contributed by atoms with Gasteiger partial charge in [-0.15, -0.1) is 0 Å². The lowest BCUT2D eigenvalue weighted by Gasteiger charge is -2.32. The number of nitrogens with two attached hydrogens (primary N) is 1. The molecule has 1 unspecified atom stereocenters.